The number of methoxy groups -OCH3 is 4. The highest BCUT2D eigenvalue weighted by molar-refractivity contribution is 7.60. The molecule has 0 aliphatic carbocycles. The molecular formula is C22H29O4P. The van der Waals surface area contributed by atoms with E-state index in [1.165, 1.54) is 0 Å². The van der Waals surface area contributed by atoms with Crippen molar-refractivity contribution in [1.29, 1.82) is 0 Å². The number of ether oxygens (including phenoxy) is 4. The molecule has 0 saturated carbocycles. The first-order valence-electron chi connectivity index (χ1n) is 8.90. The summed E-state index contributed by atoms with van der Waals surface area (Å²) in [6.07, 6.45) is 3.39. The average Bonchev–Trinajstić information content (AvgIpc) is 2.67. The van der Waals surface area contributed by atoms with Crippen LogP contribution in [0.3, 0.4) is 0 Å². The molecule has 0 spiro atoms. The van der Waals surface area contributed by atoms with Crippen molar-refractivity contribution in [3.63, 3.8) is 0 Å². The van der Waals surface area contributed by atoms with Crippen LogP contribution in [-0.4, -0.2) is 40.4 Å². The molecule has 2 rings (SSSR count). The number of hydrogen-bond acceptors (Lipinski definition) is 4. The molecule has 27 heavy (non-hydrogen) atoms. The number of benzene rings is 2. The van der Waals surface area contributed by atoms with Gasteiger partial charge in [-0.05, 0) is 24.1 Å². The van der Waals surface area contributed by atoms with Crippen LogP contribution in [0.25, 0.3) is 0 Å². The van der Waals surface area contributed by atoms with Gasteiger partial charge in [-0.25, -0.2) is 0 Å². The summed E-state index contributed by atoms with van der Waals surface area (Å²) in [6, 6.07) is 11.9. The molecule has 0 radical (unpaired) electrons. The van der Waals surface area contributed by atoms with Crippen LogP contribution >= 0.6 is 7.55 Å². The molecule has 2 aromatic rings. The van der Waals surface area contributed by atoms with E-state index in [2.05, 4.69) is 25.8 Å². The van der Waals surface area contributed by atoms with Crippen LogP contribution in [0.4, 0.5) is 0 Å². The summed E-state index contributed by atoms with van der Waals surface area (Å²) in [6.45, 7) is 4.49. The smallest absolute Gasteiger partial charge is 0.133 e. The normalized spacial score (nSPS) is 11.3. The lowest BCUT2D eigenvalue weighted by molar-refractivity contribution is 0.393. The monoisotopic (exact) mass is 388 g/mol. The van der Waals surface area contributed by atoms with E-state index < -0.39 is 7.55 Å². The summed E-state index contributed by atoms with van der Waals surface area (Å²) in [4.78, 5) is 0. The Hall–Kier alpha value is -2.32. The van der Waals surface area contributed by atoms with Gasteiger partial charge in [0.1, 0.15) is 23.5 Å². The zero-order chi connectivity index (χ0) is 19.8. The van der Waals surface area contributed by atoms with Crippen LogP contribution in [0.15, 0.2) is 36.4 Å². The van der Waals surface area contributed by atoms with E-state index in [0.29, 0.717) is 5.92 Å². The Labute approximate surface area is 163 Å². The molecule has 0 aliphatic rings. The van der Waals surface area contributed by atoms with Gasteiger partial charge in [0.2, 0.25) is 0 Å². The van der Waals surface area contributed by atoms with Crippen molar-refractivity contribution >= 4 is 13.3 Å². The molecule has 0 saturated heterocycles. The zero-order valence-corrected chi connectivity index (χ0v) is 17.9. The van der Waals surface area contributed by atoms with Crippen molar-refractivity contribution in [3.05, 3.63) is 53.7 Å². The molecule has 0 heterocycles. The van der Waals surface area contributed by atoms with Gasteiger partial charge in [-0.15, -0.1) is 5.56 Å². The first-order chi connectivity index (χ1) is 13.0. The largest absolute Gasteiger partial charge is 0.553 e. The van der Waals surface area contributed by atoms with Crippen LogP contribution in [0.1, 0.15) is 25.0 Å². The van der Waals surface area contributed by atoms with Crippen molar-refractivity contribution in [3.8, 4) is 23.0 Å². The summed E-state index contributed by atoms with van der Waals surface area (Å²) < 4.78 is 21.7. The van der Waals surface area contributed by atoms with Crippen molar-refractivity contribution < 1.29 is 18.9 Å². The number of hydrogen-bond donors (Lipinski definition) is 0. The maximum absolute atomic E-state index is 5.56. The standard InChI is InChI=1S/C22H29O4P/c1-16(2)13-27(14-17-7-9-19(23-3)11-21(17)25-5)15-18-8-10-20(24-4)12-22(18)26-6/h7-12,14-16H,13H2,1-6H3. The van der Waals surface area contributed by atoms with Gasteiger partial charge in [0.25, 0.3) is 0 Å². The van der Waals surface area contributed by atoms with E-state index in [0.717, 1.165) is 40.3 Å². The quantitative estimate of drug-likeness (QED) is 0.436. The predicted octanol–water partition coefficient (Wildman–Crippen LogP) is 5.22. The Morgan fingerprint density at radius 2 is 1.44 bits per heavy atom. The minimum atomic E-state index is -0.516. The molecule has 0 amide bonds. The molecule has 0 aromatic heterocycles. The van der Waals surface area contributed by atoms with Crippen LogP contribution in [0.2, 0.25) is 0 Å². The summed E-state index contributed by atoms with van der Waals surface area (Å²) in [5.74, 6) is 6.10. The Kier molecular flexibility index (Phi) is 7.87. The van der Waals surface area contributed by atoms with Gasteiger partial charge in [-0.2, -0.15) is 6.07 Å². The van der Waals surface area contributed by atoms with E-state index in [1.807, 2.05) is 36.4 Å². The lowest BCUT2D eigenvalue weighted by Crippen LogP contribution is -1.98. The van der Waals surface area contributed by atoms with Gasteiger partial charge in [-0.3, -0.25) is 0 Å². The molecule has 0 bridgehead atoms. The summed E-state index contributed by atoms with van der Waals surface area (Å²) in [5, 5.41) is 0. The third kappa shape index (κ3) is 5.83. The van der Waals surface area contributed by atoms with Crippen molar-refractivity contribution in [1.82, 2.24) is 0 Å². The topological polar surface area (TPSA) is 36.9 Å². The molecule has 2 aromatic carbocycles. The minimum Gasteiger partial charge on any atom is -0.553 e. The van der Waals surface area contributed by atoms with E-state index in [4.69, 9.17) is 18.9 Å². The molecule has 4 nitrogen and oxygen atoms in total. The van der Waals surface area contributed by atoms with Crippen LogP contribution in [0.5, 0.6) is 23.0 Å². The first kappa shape index (κ1) is 21.0. The van der Waals surface area contributed by atoms with Crippen LogP contribution in [-0.2, 0) is 0 Å². The van der Waals surface area contributed by atoms with Crippen molar-refractivity contribution in [2.45, 2.75) is 13.8 Å². The van der Waals surface area contributed by atoms with Gasteiger partial charge in [0, 0.05) is 18.0 Å². The third-order valence-electron chi connectivity index (χ3n) is 4.07. The van der Waals surface area contributed by atoms with Crippen molar-refractivity contribution in [2.75, 3.05) is 34.6 Å². The Bertz CT molecular complexity index is 784. The predicted molar refractivity (Wildman–Crippen MR) is 114 cm³/mol. The Balaban J connectivity index is 2.40. The third-order valence-corrected chi connectivity index (χ3v) is 6.44. The number of rotatable bonds is 9. The maximum Gasteiger partial charge on any atom is 0.133 e. The van der Waals surface area contributed by atoms with E-state index >= 15 is 0 Å². The van der Waals surface area contributed by atoms with E-state index in [9.17, 15) is 0 Å². The van der Waals surface area contributed by atoms with Crippen LogP contribution in [0, 0.1) is 12.1 Å². The average molecular weight is 388 g/mol. The van der Waals surface area contributed by atoms with Gasteiger partial charge >= 0.3 is 0 Å². The molecule has 0 N–H and O–H groups in total. The van der Waals surface area contributed by atoms with Crippen molar-refractivity contribution in [2.24, 2.45) is 5.92 Å². The summed E-state index contributed by atoms with van der Waals surface area (Å²) in [5.41, 5.74) is 2.16. The van der Waals surface area contributed by atoms with E-state index in [-0.39, 0.29) is 0 Å². The highest BCUT2D eigenvalue weighted by atomic mass is 31.1. The Morgan fingerprint density at radius 1 is 0.852 bits per heavy atom. The highest BCUT2D eigenvalue weighted by Crippen LogP contribution is 2.39. The van der Waals surface area contributed by atoms with Crippen LogP contribution < -0.4 is 18.9 Å². The lowest BCUT2D eigenvalue weighted by Gasteiger charge is -2.16. The first-order valence-corrected chi connectivity index (χ1v) is 10.6. The van der Waals surface area contributed by atoms with Gasteiger partial charge in [0.05, 0.1) is 47.3 Å². The molecule has 5 heteroatoms. The lowest BCUT2D eigenvalue weighted by atomic mass is 10.2. The molecule has 0 aliphatic heterocycles. The minimum absolute atomic E-state index is 0.516. The SMILES string of the molecule is COc1ccc(C=[P+]([CH-]c2ccc(OC)cc2OC)CC(C)C)c(OC)c1. The summed E-state index contributed by atoms with van der Waals surface area (Å²) in [7, 11) is 6.18. The highest BCUT2D eigenvalue weighted by Gasteiger charge is 2.15. The summed E-state index contributed by atoms with van der Waals surface area (Å²) >= 11 is 0. The zero-order valence-electron chi connectivity index (χ0n) is 17.0. The van der Waals surface area contributed by atoms with Gasteiger partial charge in [0.15, 0.2) is 0 Å². The maximum atomic E-state index is 5.56. The van der Waals surface area contributed by atoms with Gasteiger partial charge in [-0.1, -0.05) is 19.9 Å². The molecular weight excluding hydrogens is 359 g/mol. The fraction of sp³-hybridized carbons (Fsp3) is 0.364. The molecule has 0 fully saturated rings. The van der Waals surface area contributed by atoms with Gasteiger partial charge < -0.3 is 18.9 Å². The fourth-order valence-corrected chi connectivity index (χ4v) is 5.04. The molecule has 1 unspecified atom stereocenters. The second-order valence-electron chi connectivity index (χ2n) is 6.56. The molecule has 1 atom stereocenters. The second kappa shape index (κ2) is 10.1. The fourth-order valence-electron chi connectivity index (χ4n) is 2.77. The Morgan fingerprint density at radius 3 is 2.00 bits per heavy atom. The second-order valence-corrected chi connectivity index (χ2v) is 8.47. The van der Waals surface area contributed by atoms with E-state index in [1.54, 1.807) is 28.4 Å². The molecule has 146 valence electrons.